The van der Waals surface area contributed by atoms with Crippen LogP contribution in [0.2, 0.25) is 5.22 Å². The minimum atomic E-state index is -0.347. The molecule has 9 heteroatoms. The summed E-state index contributed by atoms with van der Waals surface area (Å²) in [4.78, 5) is 28.3. The first kappa shape index (κ1) is 20.3. The van der Waals surface area contributed by atoms with Gasteiger partial charge in [-0.05, 0) is 49.2 Å². The standard InChI is InChI=1S/C19H22ClFN4O3/c1-13-16(19(20)28-23-13)6-7-18(27)25-10-8-24(9-11-25)12-17(26)22-15-4-2-14(21)3-5-15/h2-5H,6-12H2,1H3,(H,22,26). The fourth-order valence-electron chi connectivity index (χ4n) is 3.12. The van der Waals surface area contributed by atoms with Crippen molar-refractivity contribution >= 4 is 29.1 Å². The van der Waals surface area contributed by atoms with Crippen LogP contribution in [0.1, 0.15) is 17.7 Å². The highest BCUT2D eigenvalue weighted by atomic mass is 35.5. The Kier molecular flexibility index (Phi) is 6.64. The highest BCUT2D eigenvalue weighted by Gasteiger charge is 2.23. The van der Waals surface area contributed by atoms with Gasteiger partial charge in [0.15, 0.2) is 0 Å². The molecule has 1 saturated heterocycles. The lowest BCUT2D eigenvalue weighted by atomic mass is 10.1. The third kappa shape index (κ3) is 5.30. The Balaban J connectivity index is 1.40. The summed E-state index contributed by atoms with van der Waals surface area (Å²) >= 11 is 5.93. The fourth-order valence-corrected chi connectivity index (χ4v) is 3.39. The first-order valence-corrected chi connectivity index (χ1v) is 9.46. The molecule has 2 amide bonds. The molecule has 1 aliphatic heterocycles. The molecule has 28 heavy (non-hydrogen) atoms. The molecule has 0 saturated carbocycles. The van der Waals surface area contributed by atoms with Crippen molar-refractivity contribution in [3.8, 4) is 0 Å². The minimum Gasteiger partial charge on any atom is -0.344 e. The van der Waals surface area contributed by atoms with Gasteiger partial charge < -0.3 is 14.7 Å². The molecule has 1 fully saturated rings. The van der Waals surface area contributed by atoms with Gasteiger partial charge in [0.2, 0.25) is 17.0 Å². The van der Waals surface area contributed by atoms with E-state index in [0.717, 1.165) is 5.56 Å². The van der Waals surface area contributed by atoms with E-state index in [0.29, 0.717) is 50.4 Å². The molecule has 0 radical (unpaired) electrons. The van der Waals surface area contributed by atoms with Crippen LogP contribution in [-0.2, 0) is 16.0 Å². The molecule has 1 aliphatic rings. The molecule has 0 atom stereocenters. The van der Waals surface area contributed by atoms with Crippen LogP contribution in [-0.4, -0.2) is 59.5 Å². The van der Waals surface area contributed by atoms with Gasteiger partial charge in [0.05, 0.1) is 12.2 Å². The van der Waals surface area contributed by atoms with E-state index in [9.17, 15) is 14.0 Å². The number of nitrogens with one attached hydrogen (secondary N) is 1. The van der Waals surface area contributed by atoms with Crippen LogP contribution in [0.25, 0.3) is 0 Å². The average molecular weight is 409 g/mol. The maximum Gasteiger partial charge on any atom is 0.238 e. The van der Waals surface area contributed by atoms with E-state index < -0.39 is 0 Å². The lowest BCUT2D eigenvalue weighted by Crippen LogP contribution is -2.50. The Morgan fingerprint density at radius 2 is 1.89 bits per heavy atom. The molecule has 0 aliphatic carbocycles. The number of aryl methyl sites for hydroxylation is 1. The van der Waals surface area contributed by atoms with E-state index in [1.54, 1.807) is 11.8 Å². The van der Waals surface area contributed by atoms with Crippen LogP contribution in [0, 0.1) is 12.7 Å². The van der Waals surface area contributed by atoms with Crippen molar-refractivity contribution in [3.63, 3.8) is 0 Å². The Bertz CT molecular complexity index is 813. The normalized spacial score (nSPS) is 14.9. The molecule has 0 unspecified atom stereocenters. The summed E-state index contributed by atoms with van der Waals surface area (Å²) in [6.07, 6.45) is 0.833. The quantitative estimate of drug-likeness (QED) is 0.794. The fraction of sp³-hybridized carbons (Fsp3) is 0.421. The number of benzene rings is 1. The maximum atomic E-state index is 12.9. The lowest BCUT2D eigenvalue weighted by Gasteiger charge is -2.34. The number of anilines is 1. The number of piperazine rings is 1. The van der Waals surface area contributed by atoms with Gasteiger partial charge >= 0.3 is 0 Å². The van der Waals surface area contributed by atoms with Crippen molar-refractivity contribution in [3.05, 3.63) is 46.6 Å². The Hall–Kier alpha value is -2.45. The number of rotatable bonds is 6. The molecule has 1 N–H and O–H groups in total. The second kappa shape index (κ2) is 9.16. The third-order valence-corrected chi connectivity index (χ3v) is 5.04. The van der Waals surface area contributed by atoms with Crippen LogP contribution in [0.3, 0.4) is 0 Å². The van der Waals surface area contributed by atoms with Crippen molar-refractivity contribution in [2.75, 3.05) is 38.0 Å². The number of carbonyl (C=O) groups excluding carboxylic acids is 2. The van der Waals surface area contributed by atoms with Crippen molar-refractivity contribution in [1.29, 1.82) is 0 Å². The first-order valence-electron chi connectivity index (χ1n) is 9.08. The summed E-state index contributed by atoms with van der Waals surface area (Å²) in [6.45, 7) is 4.41. The highest BCUT2D eigenvalue weighted by Crippen LogP contribution is 2.21. The number of halogens is 2. The van der Waals surface area contributed by atoms with Crippen molar-refractivity contribution in [2.45, 2.75) is 19.8 Å². The van der Waals surface area contributed by atoms with Gasteiger partial charge in [-0.3, -0.25) is 14.5 Å². The van der Waals surface area contributed by atoms with E-state index in [1.807, 2.05) is 4.90 Å². The van der Waals surface area contributed by atoms with Crippen molar-refractivity contribution in [1.82, 2.24) is 15.0 Å². The number of nitrogens with zero attached hydrogens (tertiary/aromatic N) is 3. The largest absolute Gasteiger partial charge is 0.344 e. The predicted molar refractivity (Wildman–Crippen MR) is 103 cm³/mol. The van der Waals surface area contributed by atoms with Gasteiger partial charge in [0.25, 0.3) is 0 Å². The zero-order valence-electron chi connectivity index (χ0n) is 15.6. The maximum absolute atomic E-state index is 12.9. The van der Waals surface area contributed by atoms with Gasteiger partial charge in [-0.1, -0.05) is 5.16 Å². The van der Waals surface area contributed by atoms with E-state index in [4.69, 9.17) is 16.1 Å². The topological polar surface area (TPSA) is 78.7 Å². The summed E-state index contributed by atoms with van der Waals surface area (Å²) in [5.74, 6) is -0.462. The summed E-state index contributed by atoms with van der Waals surface area (Å²) < 4.78 is 17.8. The monoisotopic (exact) mass is 408 g/mol. The van der Waals surface area contributed by atoms with E-state index in [1.165, 1.54) is 24.3 Å². The molecule has 0 spiro atoms. The molecule has 7 nitrogen and oxygen atoms in total. The number of carbonyl (C=O) groups is 2. The number of hydrogen-bond acceptors (Lipinski definition) is 5. The van der Waals surface area contributed by atoms with E-state index in [-0.39, 0.29) is 29.4 Å². The SMILES string of the molecule is Cc1noc(Cl)c1CCC(=O)N1CCN(CC(=O)Nc2ccc(F)cc2)CC1. The zero-order chi connectivity index (χ0) is 20.1. The minimum absolute atomic E-state index is 0.0482. The summed E-state index contributed by atoms with van der Waals surface area (Å²) in [7, 11) is 0. The van der Waals surface area contributed by atoms with Gasteiger partial charge in [-0.15, -0.1) is 0 Å². The van der Waals surface area contributed by atoms with Gasteiger partial charge in [-0.2, -0.15) is 0 Å². The number of amides is 2. The average Bonchev–Trinajstić information content (AvgIpc) is 3.00. The molecule has 0 bridgehead atoms. The first-order chi connectivity index (χ1) is 13.4. The third-order valence-electron chi connectivity index (χ3n) is 4.75. The smallest absolute Gasteiger partial charge is 0.238 e. The Labute approximate surface area is 167 Å². The van der Waals surface area contributed by atoms with Crippen molar-refractivity contribution < 1.29 is 18.5 Å². The summed E-state index contributed by atoms with van der Waals surface area (Å²) in [5, 5.41) is 6.76. The number of aromatic nitrogens is 1. The lowest BCUT2D eigenvalue weighted by molar-refractivity contribution is -0.133. The van der Waals surface area contributed by atoms with Gasteiger partial charge in [0, 0.05) is 43.9 Å². The molecule has 1 aromatic carbocycles. The van der Waals surface area contributed by atoms with Crippen LogP contribution in [0.4, 0.5) is 10.1 Å². The molecule has 150 valence electrons. The zero-order valence-corrected chi connectivity index (χ0v) is 16.3. The number of hydrogen-bond donors (Lipinski definition) is 1. The van der Waals surface area contributed by atoms with E-state index in [2.05, 4.69) is 10.5 Å². The highest BCUT2D eigenvalue weighted by molar-refractivity contribution is 6.29. The van der Waals surface area contributed by atoms with Crippen LogP contribution >= 0.6 is 11.6 Å². The second-order valence-corrected chi connectivity index (χ2v) is 7.08. The van der Waals surface area contributed by atoms with Gasteiger partial charge in [-0.25, -0.2) is 4.39 Å². The van der Waals surface area contributed by atoms with Crippen LogP contribution in [0.5, 0.6) is 0 Å². The molecular formula is C19H22ClFN4O3. The molecule has 2 aromatic rings. The van der Waals surface area contributed by atoms with Crippen LogP contribution < -0.4 is 5.32 Å². The van der Waals surface area contributed by atoms with Crippen LogP contribution in [0.15, 0.2) is 28.8 Å². The summed E-state index contributed by atoms with van der Waals surface area (Å²) in [5.41, 5.74) is 2.03. The van der Waals surface area contributed by atoms with E-state index >= 15 is 0 Å². The Morgan fingerprint density at radius 1 is 1.21 bits per heavy atom. The molecule has 1 aromatic heterocycles. The second-order valence-electron chi connectivity index (χ2n) is 6.73. The Morgan fingerprint density at radius 3 is 2.50 bits per heavy atom. The summed E-state index contributed by atoms with van der Waals surface area (Å²) in [6, 6.07) is 5.64. The molecule has 2 heterocycles. The molecular weight excluding hydrogens is 387 g/mol. The van der Waals surface area contributed by atoms with Gasteiger partial charge in [0.1, 0.15) is 5.82 Å². The molecule has 3 rings (SSSR count). The predicted octanol–water partition coefficient (Wildman–Crippen LogP) is 2.49. The van der Waals surface area contributed by atoms with Crippen molar-refractivity contribution in [2.24, 2.45) is 0 Å².